The van der Waals surface area contributed by atoms with Crippen LogP contribution in [0.5, 0.6) is 0 Å². The maximum absolute atomic E-state index is 5.97. The molecule has 0 unspecified atom stereocenters. The lowest BCUT2D eigenvalue weighted by Gasteiger charge is -2.17. The minimum Gasteiger partial charge on any atom is -0.383 e. The van der Waals surface area contributed by atoms with Gasteiger partial charge < -0.3 is 10.5 Å². The Kier molecular flexibility index (Phi) is 3.01. The van der Waals surface area contributed by atoms with Crippen molar-refractivity contribution in [2.45, 2.75) is 13.0 Å². The molecule has 0 aliphatic carbocycles. The van der Waals surface area contributed by atoms with Gasteiger partial charge in [0.15, 0.2) is 5.82 Å². The van der Waals surface area contributed by atoms with Crippen molar-refractivity contribution in [3.05, 3.63) is 40.0 Å². The standard InChI is InChI=1S/C13H12BrN3O/c14-9-3-1-8(2-4-9)13-16-11-5-6-18-7-10(11)12(15)17-13/h1-4H,5-7H2,(H2,15,16,17). The third-order valence-electron chi connectivity index (χ3n) is 2.96. The van der Waals surface area contributed by atoms with Gasteiger partial charge in [0.1, 0.15) is 5.82 Å². The third-order valence-corrected chi connectivity index (χ3v) is 3.49. The normalized spacial score (nSPS) is 14.3. The number of benzene rings is 1. The molecule has 18 heavy (non-hydrogen) atoms. The molecule has 0 amide bonds. The van der Waals surface area contributed by atoms with Crippen LogP contribution in [-0.2, 0) is 17.8 Å². The Hall–Kier alpha value is -1.46. The van der Waals surface area contributed by atoms with Crippen molar-refractivity contribution in [3.8, 4) is 11.4 Å². The topological polar surface area (TPSA) is 61.0 Å². The molecule has 1 aliphatic rings. The summed E-state index contributed by atoms with van der Waals surface area (Å²) in [6, 6.07) is 7.89. The van der Waals surface area contributed by atoms with Gasteiger partial charge in [-0.05, 0) is 12.1 Å². The number of nitrogens with two attached hydrogens (primary N) is 1. The molecule has 3 rings (SSSR count). The number of hydrogen-bond acceptors (Lipinski definition) is 4. The smallest absolute Gasteiger partial charge is 0.161 e. The first-order valence-electron chi connectivity index (χ1n) is 5.73. The molecule has 0 spiro atoms. The summed E-state index contributed by atoms with van der Waals surface area (Å²) in [6.07, 6.45) is 0.797. The molecular formula is C13H12BrN3O. The van der Waals surface area contributed by atoms with Crippen LogP contribution in [0, 0.1) is 0 Å². The first kappa shape index (κ1) is 11.6. The van der Waals surface area contributed by atoms with E-state index in [1.54, 1.807) is 0 Å². The molecule has 92 valence electrons. The van der Waals surface area contributed by atoms with Crippen LogP contribution in [0.25, 0.3) is 11.4 Å². The molecule has 0 radical (unpaired) electrons. The van der Waals surface area contributed by atoms with Crippen molar-refractivity contribution in [2.75, 3.05) is 12.3 Å². The molecule has 0 bridgehead atoms. The lowest BCUT2D eigenvalue weighted by molar-refractivity contribution is 0.109. The third kappa shape index (κ3) is 2.11. The maximum Gasteiger partial charge on any atom is 0.161 e. The van der Waals surface area contributed by atoms with Crippen LogP contribution in [-0.4, -0.2) is 16.6 Å². The summed E-state index contributed by atoms with van der Waals surface area (Å²) in [5, 5.41) is 0. The van der Waals surface area contributed by atoms with Gasteiger partial charge in [0.25, 0.3) is 0 Å². The highest BCUT2D eigenvalue weighted by molar-refractivity contribution is 9.10. The average molecular weight is 306 g/mol. The summed E-state index contributed by atoms with van der Waals surface area (Å²) >= 11 is 3.41. The van der Waals surface area contributed by atoms with Crippen LogP contribution < -0.4 is 5.73 Å². The Labute approximate surface area is 113 Å². The molecule has 4 nitrogen and oxygen atoms in total. The van der Waals surface area contributed by atoms with Crippen LogP contribution in [0.4, 0.5) is 5.82 Å². The lowest BCUT2D eigenvalue weighted by atomic mass is 10.1. The molecule has 5 heteroatoms. The minimum atomic E-state index is 0.516. The van der Waals surface area contributed by atoms with E-state index in [4.69, 9.17) is 10.5 Å². The van der Waals surface area contributed by atoms with E-state index in [1.807, 2.05) is 24.3 Å². The number of nitrogens with zero attached hydrogens (tertiary/aromatic N) is 2. The van der Waals surface area contributed by atoms with E-state index in [-0.39, 0.29) is 0 Å². The van der Waals surface area contributed by atoms with Gasteiger partial charge >= 0.3 is 0 Å². The van der Waals surface area contributed by atoms with Gasteiger partial charge in [-0.1, -0.05) is 28.1 Å². The molecule has 0 atom stereocenters. The van der Waals surface area contributed by atoms with E-state index in [9.17, 15) is 0 Å². The van der Waals surface area contributed by atoms with Crippen molar-refractivity contribution in [1.29, 1.82) is 0 Å². The Bertz CT molecular complexity index is 584. The molecule has 0 saturated carbocycles. The van der Waals surface area contributed by atoms with E-state index in [2.05, 4.69) is 25.9 Å². The Morgan fingerprint density at radius 1 is 1.17 bits per heavy atom. The largest absolute Gasteiger partial charge is 0.383 e. The monoisotopic (exact) mass is 305 g/mol. The van der Waals surface area contributed by atoms with Gasteiger partial charge in [-0.15, -0.1) is 0 Å². The second kappa shape index (κ2) is 4.66. The summed E-state index contributed by atoms with van der Waals surface area (Å²) < 4.78 is 6.40. The van der Waals surface area contributed by atoms with E-state index >= 15 is 0 Å². The number of halogens is 1. The number of nitrogen functional groups attached to an aromatic ring is 1. The summed E-state index contributed by atoms with van der Waals surface area (Å²) in [5.41, 5.74) is 8.88. The zero-order valence-corrected chi connectivity index (χ0v) is 11.3. The first-order valence-corrected chi connectivity index (χ1v) is 6.52. The van der Waals surface area contributed by atoms with E-state index in [0.29, 0.717) is 24.9 Å². The van der Waals surface area contributed by atoms with Gasteiger partial charge in [0, 0.05) is 22.0 Å². The number of anilines is 1. The Morgan fingerprint density at radius 2 is 1.94 bits per heavy atom. The average Bonchev–Trinajstić information content (AvgIpc) is 2.39. The van der Waals surface area contributed by atoms with Crippen molar-refractivity contribution in [3.63, 3.8) is 0 Å². The molecule has 1 aromatic heterocycles. The number of ether oxygens (including phenoxy) is 1. The fourth-order valence-electron chi connectivity index (χ4n) is 1.98. The molecule has 0 fully saturated rings. The maximum atomic E-state index is 5.97. The summed E-state index contributed by atoms with van der Waals surface area (Å²) in [7, 11) is 0. The highest BCUT2D eigenvalue weighted by Gasteiger charge is 2.17. The molecule has 2 aromatic rings. The second-order valence-corrected chi connectivity index (χ2v) is 5.08. The summed E-state index contributed by atoms with van der Waals surface area (Å²) in [4.78, 5) is 8.95. The molecular weight excluding hydrogens is 294 g/mol. The van der Waals surface area contributed by atoms with Crippen LogP contribution >= 0.6 is 15.9 Å². The molecule has 2 heterocycles. The van der Waals surface area contributed by atoms with Crippen LogP contribution in [0.1, 0.15) is 11.3 Å². The zero-order chi connectivity index (χ0) is 12.5. The molecule has 1 aliphatic heterocycles. The molecule has 0 saturated heterocycles. The quantitative estimate of drug-likeness (QED) is 0.879. The zero-order valence-electron chi connectivity index (χ0n) is 9.69. The fourth-order valence-corrected chi connectivity index (χ4v) is 2.25. The van der Waals surface area contributed by atoms with E-state index < -0.39 is 0 Å². The summed E-state index contributed by atoms with van der Waals surface area (Å²) in [5.74, 6) is 1.21. The van der Waals surface area contributed by atoms with Crippen molar-refractivity contribution < 1.29 is 4.74 Å². The Balaban J connectivity index is 2.08. The van der Waals surface area contributed by atoms with Gasteiger partial charge in [-0.25, -0.2) is 9.97 Å². The number of hydrogen-bond donors (Lipinski definition) is 1. The fraction of sp³-hybridized carbons (Fsp3) is 0.231. The number of aromatic nitrogens is 2. The van der Waals surface area contributed by atoms with E-state index in [0.717, 1.165) is 27.7 Å². The van der Waals surface area contributed by atoms with Gasteiger partial charge in [-0.2, -0.15) is 0 Å². The Morgan fingerprint density at radius 3 is 2.72 bits per heavy atom. The second-order valence-electron chi connectivity index (χ2n) is 4.17. The minimum absolute atomic E-state index is 0.516. The van der Waals surface area contributed by atoms with Crippen LogP contribution in [0.3, 0.4) is 0 Å². The molecule has 1 aromatic carbocycles. The van der Waals surface area contributed by atoms with Crippen molar-refractivity contribution in [2.24, 2.45) is 0 Å². The lowest BCUT2D eigenvalue weighted by Crippen LogP contribution is -2.16. The van der Waals surface area contributed by atoms with Crippen molar-refractivity contribution >= 4 is 21.7 Å². The predicted molar refractivity (Wildman–Crippen MR) is 72.9 cm³/mol. The highest BCUT2D eigenvalue weighted by Crippen LogP contribution is 2.25. The predicted octanol–water partition coefficient (Wildman–Crippen LogP) is 2.56. The van der Waals surface area contributed by atoms with Gasteiger partial charge in [0.05, 0.1) is 18.9 Å². The highest BCUT2D eigenvalue weighted by atomic mass is 79.9. The first-order chi connectivity index (χ1) is 8.74. The number of fused-ring (bicyclic) bond motifs is 1. The van der Waals surface area contributed by atoms with Crippen molar-refractivity contribution in [1.82, 2.24) is 9.97 Å². The van der Waals surface area contributed by atoms with Crippen LogP contribution in [0.2, 0.25) is 0 Å². The SMILES string of the molecule is Nc1nc(-c2ccc(Br)cc2)nc2c1COCC2. The summed E-state index contributed by atoms with van der Waals surface area (Å²) in [6.45, 7) is 1.21. The van der Waals surface area contributed by atoms with E-state index in [1.165, 1.54) is 0 Å². The molecule has 2 N–H and O–H groups in total. The number of rotatable bonds is 1. The van der Waals surface area contributed by atoms with Gasteiger partial charge in [-0.3, -0.25) is 0 Å². The van der Waals surface area contributed by atoms with Crippen LogP contribution in [0.15, 0.2) is 28.7 Å². The van der Waals surface area contributed by atoms with Gasteiger partial charge in [0.2, 0.25) is 0 Å².